The molecule has 80 valence electrons. The van der Waals surface area contributed by atoms with E-state index in [1.165, 1.54) is 19.8 Å². The molecule has 0 aromatic carbocycles. The van der Waals surface area contributed by atoms with Crippen molar-refractivity contribution < 1.29 is 9.59 Å². The number of rotatable bonds is 4. The second kappa shape index (κ2) is 5.62. The Balaban J connectivity index is 2.06. The van der Waals surface area contributed by atoms with Crippen molar-refractivity contribution in [1.82, 2.24) is 10.6 Å². The van der Waals surface area contributed by atoms with Crippen LogP contribution in [0, 0.1) is 0 Å². The van der Waals surface area contributed by atoms with Gasteiger partial charge in [-0.15, -0.1) is 0 Å². The van der Waals surface area contributed by atoms with Gasteiger partial charge < -0.3 is 10.6 Å². The van der Waals surface area contributed by atoms with Crippen molar-refractivity contribution in [1.29, 1.82) is 0 Å². The molecule has 0 aliphatic heterocycles. The van der Waals surface area contributed by atoms with Crippen molar-refractivity contribution in [3.8, 4) is 0 Å². The number of amides is 2. The van der Waals surface area contributed by atoms with Crippen LogP contribution < -0.4 is 10.6 Å². The Hall–Kier alpha value is -1.06. The molecule has 0 saturated heterocycles. The summed E-state index contributed by atoms with van der Waals surface area (Å²) in [4.78, 5) is 21.8. The van der Waals surface area contributed by atoms with E-state index < -0.39 is 0 Å². The summed E-state index contributed by atoms with van der Waals surface area (Å²) in [6.07, 6.45) is 5.00. The average Bonchev–Trinajstić information content (AvgIpc) is 2.56. The molecule has 2 N–H and O–H groups in total. The van der Waals surface area contributed by atoms with Gasteiger partial charge in [0.15, 0.2) is 0 Å². The number of hydrogen-bond acceptors (Lipinski definition) is 2. The van der Waals surface area contributed by atoms with Gasteiger partial charge in [0, 0.05) is 19.0 Å². The first-order valence-electron chi connectivity index (χ1n) is 5.22. The fraction of sp³-hybridized carbons (Fsp3) is 0.800. The minimum absolute atomic E-state index is 0.103. The number of urea groups is 1. The molecule has 1 fully saturated rings. The molecule has 4 heteroatoms. The number of carbonyl (C=O) groups is 2. The molecular weight excluding hydrogens is 180 g/mol. The third-order valence-corrected chi connectivity index (χ3v) is 2.45. The van der Waals surface area contributed by atoms with Crippen LogP contribution in [0.15, 0.2) is 0 Å². The lowest BCUT2D eigenvalue weighted by Gasteiger charge is -2.12. The van der Waals surface area contributed by atoms with E-state index in [4.69, 9.17) is 0 Å². The molecule has 0 aromatic heterocycles. The van der Waals surface area contributed by atoms with E-state index in [9.17, 15) is 9.59 Å². The summed E-state index contributed by atoms with van der Waals surface area (Å²) in [7, 11) is 0. The molecule has 2 amide bonds. The van der Waals surface area contributed by atoms with Crippen molar-refractivity contribution in [3.05, 3.63) is 0 Å². The largest absolute Gasteiger partial charge is 0.338 e. The third-order valence-electron chi connectivity index (χ3n) is 2.45. The Kier molecular flexibility index (Phi) is 4.43. The van der Waals surface area contributed by atoms with Gasteiger partial charge in [0.1, 0.15) is 5.78 Å². The average molecular weight is 198 g/mol. The van der Waals surface area contributed by atoms with Gasteiger partial charge in [-0.2, -0.15) is 0 Å². The summed E-state index contributed by atoms with van der Waals surface area (Å²) < 4.78 is 0. The van der Waals surface area contributed by atoms with Gasteiger partial charge in [-0.05, 0) is 19.8 Å². The number of nitrogens with one attached hydrogen (secondary N) is 2. The maximum atomic E-state index is 11.2. The Labute approximate surface area is 84.4 Å². The molecule has 1 aliphatic carbocycles. The van der Waals surface area contributed by atoms with Crippen molar-refractivity contribution in [2.45, 2.75) is 45.1 Å². The standard InChI is InChI=1S/C10H18N2O2/c1-8(13)6-7-11-10(14)12-9-4-2-3-5-9/h9H,2-7H2,1H3,(H2,11,12,14). The van der Waals surface area contributed by atoms with Crippen LogP contribution >= 0.6 is 0 Å². The maximum Gasteiger partial charge on any atom is 0.315 e. The second-order valence-corrected chi connectivity index (χ2v) is 3.83. The first kappa shape index (κ1) is 11.0. The highest BCUT2D eigenvalue weighted by Gasteiger charge is 2.16. The Morgan fingerprint density at radius 1 is 1.29 bits per heavy atom. The normalized spacial score (nSPS) is 16.6. The number of carbonyl (C=O) groups excluding carboxylic acids is 2. The fourth-order valence-corrected chi connectivity index (χ4v) is 1.66. The Morgan fingerprint density at radius 2 is 1.93 bits per heavy atom. The van der Waals surface area contributed by atoms with Gasteiger partial charge in [-0.3, -0.25) is 4.79 Å². The molecular formula is C10H18N2O2. The topological polar surface area (TPSA) is 58.2 Å². The summed E-state index contributed by atoms with van der Waals surface area (Å²) in [6.45, 7) is 1.96. The Morgan fingerprint density at radius 3 is 2.50 bits per heavy atom. The zero-order chi connectivity index (χ0) is 10.4. The molecule has 1 saturated carbocycles. The van der Waals surface area contributed by atoms with Crippen LogP contribution in [0.25, 0.3) is 0 Å². The quantitative estimate of drug-likeness (QED) is 0.713. The summed E-state index contributed by atoms with van der Waals surface area (Å²) in [6, 6.07) is 0.200. The number of ketones is 1. The van der Waals surface area contributed by atoms with Gasteiger partial charge in [-0.1, -0.05) is 12.8 Å². The maximum absolute atomic E-state index is 11.2. The van der Waals surface area contributed by atoms with Gasteiger partial charge in [0.2, 0.25) is 0 Å². The van der Waals surface area contributed by atoms with Crippen molar-refractivity contribution in [2.75, 3.05) is 6.54 Å². The smallest absolute Gasteiger partial charge is 0.315 e. The molecule has 0 heterocycles. The van der Waals surface area contributed by atoms with Gasteiger partial charge >= 0.3 is 6.03 Å². The van der Waals surface area contributed by atoms with Gasteiger partial charge in [0.05, 0.1) is 0 Å². The van der Waals surface area contributed by atoms with Crippen molar-refractivity contribution in [3.63, 3.8) is 0 Å². The van der Waals surface area contributed by atoms with Crippen LogP contribution in [0.3, 0.4) is 0 Å². The van der Waals surface area contributed by atoms with E-state index in [-0.39, 0.29) is 11.8 Å². The van der Waals surface area contributed by atoms with Crippen LogP contribution in [-0.4, -0.2) is 24.4 Å². The predicted molar refractivity (Wildman–Crippen MR) is 54.1 cm³/mol. The first-order chi connectivity index (χ1) is 6.68. The molecule has 1 aliphatic rings. The molecule has 0 atom stereocenters. The monoisotopic (exact) mass is 198 g/mol. The predicted octanol–water partition coefficient (Wildman–Crippen LogP) is 1.21. The van der Waals surface area contributed by atoms with Crippen LogP contribution in [0.4, 0.5) is 4.79 Å². The fourth-order valence-electron chi connectivity index (χ4n) is 1.66. The second-order valence-electron chi connectivity index (χ2n) is 3.83. The van der Waals surface area contributed by atoms with Gasteiger partial charge in [0.25, 0.3) is 0 Å². The van der Waals surface area contributed by atoms with Crippen LogP contribution in [0.5, 0.6) is 0 Å². The molecule has 0 unspecified atom stereocenters. The molecule has 0 bridgehead atoms. The summed E-state index contributed by atoms with van der Waals surface area (Å²) >= 11 is 0. The lowest BCUT2D eigenvalue weighted by molar-refractivity contribution is -0.116. The van der Waals surface area contributed by atoms with Crippen LogP contribution in [0.1, 0.15) is 39.0 Å². The van der Waals surface area contributed by atoms with E-state index in [0.717, 1.165) is 12.8 Å². The summed E-state index contributed by atoms with van der Waals surface area (Å²) in [5, 5.41) is 5.56. The van der Waals surface area contributed by atoms with Crippen LogP contribution in [-0.2, 0) is 4.79 Å². The van der Waals surface area contributed by atoms with Crippen molar-refractivity contribution in [2.24, 2.45) is 0 Å². The molecule has 4 nitrogen and oxygen atoms in total. The molecule has 14 heavy (non-hydrogen) atoms. The van der Waals surface area contributed by atoms with Gasteiger partial charge in [-0.25, -0.2) is 4.79 Å². The third kappa shape index (κ3) is 4.25. The highest BCUT2D eigenvalue weighted by Crippen LogP contribution is 2.17. The molecule has 0 spiro atoms. The molecule has 0 aromatic rings. The van der Waals surface area contributed by atoms with E-state index in [1.807, 2.05) is 0 Å². The molecule has 1 rings (SSSR count). The zero-order valence-electron chi connectivity index (χ0n) is 8.64. The summed E-state index contributed by atoms with van der Waals surface area (Å²) in [5.74, 6) is 0.103. The highest BCUT2D eigenvalue weighted by atomic mass is 16.2. The minimum atomic E-state index is -0.141. The zero-order valence-corrected chi connectivity index (χ0v) is 8.64. The van der Waals surface area contributed by atoms with E-state index in [2.05, 4.69) is 10.6 Å². The van der Waals surface area contributed by atoms with E-state index >= 15 is 0 Å². The molecule has 0 radical (unpaired) electrons. The van der Waals surface area contributed by atoms with E-state index in [1.54, 1.807) is 0 Å². The lowest BCUT2D eigenvalue weighted by atomic mass is 10.2. The Bertz CT molecular complexity index is 210. The lowest BCUT2D eigenvalue weighted by Crippen LogP contribution is -2.41. The highest BCUT2D eigenvalue weighted by molar-refractivity contribution is 5.77. The first-order valence-corrected chi connectivity index (χ1v) is 5.22. The van der Waals surface area contributed by atoms with E-state index in [0.29, 0.717) is 19.0 Å². The van der Waals surface area contributed by atoms with Crippen LogP contribution in [0.2, 0.25) is 0 Å². The minimum Gasteiger partial charge on any atom is -0.338 e. The summed E-state index contributed by atoms with van der Waals surface area (Å²) in [5.41, 5.74) is 0. The van der Waals surface area contributed by atoms with Crippen molar-refractivity contribution >= 4 is 11.8 Å². The number of Topliss-reactive ketones (excluding diaryl/α,β-unsaturated/α-hetero) is 1. The number of hydrogen-bond donors (Lipinski definition) is 2. The SMILES string of the molecule is CC(=O)CCNC(=O)NC1CCCC1.